The summed E-state index contributed by atoms with van der Waals surface area (Å²) in [5.41, 5.74) is 2.06. The van der Waals surface area contributed by atoms with Crippen LogP contribution in [0.1, 0.15) is 10.8 Å². The second-order valence-corrected chi connectivity index (χ2v) is 6.39. The third kappa shape index (κ3) is 2.57. The van der Waals surface area contributed by atoms with E-state index in [1.165, 1.54) is 0 Å². The maximum Gasteiger partial charge on any atom is 0.180 e. The van der Waals surface area contributed by atoms with E-state index in [4.69, 9.17) is 4.42 Å². The van der Waals surface area contributed by atoms with Crippen LogP contribution in [-0.4, -0.2) is 19.7 Å². The van der Waals surface area contributed by atoms with Gasteiger partial charge in [0.15, 0.2) is 11.6 Å². The lowest BCUT2D eigenvalue weighted by atomic mass is 10.2. The molecule has 4 rings (SSSR count). The summed E-state index contributed by atoms with van der Waals surface area (Å²) in [7, 11) is 0. The van der Waals surface area contributed by atoms with Gasteiger partial charge in [-0.15, -0.1) is 10.2 Å². The van der Waals surface area contributed by atoms with Crippen LogP contribution in [0.5, 0.6) is 0 Å². The summed E-state index contributed by atoms with van der Waals surface area (Å²) in [6, 6.07) is 12.1. The minimum atomic E-state index is 0.754. The van der Waals surface area contributed by atoms with E-state index < -0.39 is 0 Å². The van der Waals surface area contributed by atoms with E-state index in [0.717, 1.165) is 38.6 Å². The number of hydrogen-bond acceptors (Lipinski definition) is 5. The highest BCUT2D eigenvalue weighted by molar-refractivity contribution is 7.14. The zero-order valence-electron chi connectivity index (χ0n) is 12.7. The molecule has 0 N–H and O–H groups in total. The van der Waals surface area contributed by atoms with Crippen LogP contribution in [0, 0.1) is 13.8 Å². The first-order chi connectivity index (χ1) is 11.2. The number of aromatic nitrogens is 4. The fourth-order valence-electron chi connectivity index (χ4n) is 2.45. The largest absolute Gasteiger partial charge is 0.458 e. The number of hydrogen-bond donors (Lipinski definition) is 0. The van der Waals surface area contributed by atoms with Gasteiger partial charge >= 0.3 is 0 Å². The van der Waals surface area contributed by atoms with Crippen molar-refractivity contribution >= 4 is 11.3 Å². The maximum atomic E-state index is 5.70. The predicted molar refractivity (Wildman–Crippen MR) is 89.6 cm³/mol. The van der Waals surface area contributed by atoms with E-state index in [2.05, 4.69) is 21.2 Å². The number of rotatable bonds is 3. The van der Waals surface area contributed by atoms with E-state index in [-0.39, 0.29) is 0 Å². The number of imidazole rings is 1. The summed E-state index contributed by atoms with van der Waals surface area (Å²) < 4.78 is 7.71. The van der Waals surface area contributed by atoms with Gasteiger partial charge in [-0.05, 0) is 38.1 Å². The number of benzene rings is 1. The molecule has 114 valence electrons. The minimum absolute atomic E-state index is 0.754. The van der Waals surface area contributed by atoms with Crippen molar-refractivity contribution in [2.45, 2.75) is 13.8 Å². The average Bonchev–Trinajstić information content (AvgIpc) is 3.27. The Balaban J connectivity index is 1.79. The summed E-state index contributed by atoms with van der Waals surface area (Å²) in [4.78, 5) is 4.43. The van der Waals surface area contributed by atoms with E-state index in [1.807, 2.05) is 54.9 Å². The molecule has 0 fully saturated rings. The molecule has 0 aliphatic heterocycles. The van der Waals surface area contributed by atoms with E-state index in [0.29, 0.717) is 0 Å². The minimum Gasteiger partial charge on any atom is -0.458 e. The molecule has 23 heavy (non-hydrogen) atoms. The first-order valence-corrected chi connectivity index (χ1v) is 8.03. The highest BCUT2D eigenvalue weighted by Gasteiger charge is 2.12. The van der Waals surface area contributed by atoms with Crippen LogP contribution < -0.4 is 0 Å². The van der Waals surface area contributed by atoms with Gasteiger partial charge in [0.1, 0.15) is 15.8 Å². The van der Waals surface area contributed by atoms with E-state index in [1.54, 1.807) is 17.5 Å². The van der Waals surface area contributed by atoms with Crippen molar-refractivity contribution in [3.05, 3.63) is 59.6 Å². The lowest BCUT2D eigenvalue weighted by molar-refractivity contribution is 0.543. The van der Waals surface area contributed by atoms with Crippen LogP contribution in [0.4, 0.5) is 0 Å². The van der Waals surface area contributed by atoms with Crippen molar-refractivity contribution in [2.75, 3.05) is 0 Å². The molecule has 0 saturated heterocycles. The highest BCUT2D eigenvalue weighted by Crippen LogP contribution is 2.28. The summed E-state index contributed by atoms with van der Waals surface area (Å²) in [5, 5.41) is 10.2. The Hall–Kier alpha value is -2.73. The van der Waals surface area contributed by atoms with Crippen molar-refractivity contribution in [3.63, 3.8) is 0 Å². The second-order valence-electron chi connectivity index (χ2n) is 5.21. The molecule has 5 nitrogen and oxygen atoms in total. The van der Waals surface area contributed by atoms with Crippen LogP contribution in [0.25, 0.3) is 27.8 Å². The Morgan fingerprint density at radius 2 is 2.00 bits per heavy atom. The molecule has 4 aromatic rings. The fourth-order valence-corrected chi connectivity index (χ4v) is 3.14. The monoisotopic (exact) mass is 322 g/mol. The Labute approximate surface area is 137 Å². The topological polar surface area (TPSA) is 56.7 Å². The Kier molecular flexibility index (Phi) is 3.31. The zero-order valence-corrected chi connectivity index (χ0v) is 13.5. The summed E-state index contributed by atoms with van der Waals surface area (Å²) >= 11 is 1.59. The predicted octanol–water partition coefficient (Wildman–Crippen LogP) is 4.27. The molecule has 1 aromatic carbocycles. The van der Waals surface area contributed by atoms with Crippen molar-refractivity contribution in [3.8, 4) is 27.8 Å². The Bertz CT molecular complexity index is 966. The van der Waals surface area contributed by atoms with Gasteiger partial charge in [0, 0.05) is 23.6 Å². The molecular weight excluding hydrogens is 308 g/mol. The van der Waals surface area contributed by atoms with Gasteiger partial charge in [-0.25, -0.2) is 4.98 Å². The molecule has 6 heteroatoms. The van der Waals surface area contributed by atoms with Gasteiger partial charge in [-0.1, -0.05) is 23.5 Å². The lowest BCUT2D eigenvalue weighted by Crippen LogP contribution is -1.95. The fraction of sp³-hybridized carbons (Fsp3) is 0.118. The van der Waals surface area contributed by atoms with Crippen LogP contribution in [-0.2, 0) is 0 Å². The van der Waals surface area contributed by atoms with E-state index in [9.17, 15) is 0 Å². The SMILES string of the molecule is Cc1ccc(-c2nccn2-c2cccc(-c3nnc(C)s3)c2)o1. The van der Waals surface area contributed by atoms with Crippen molar-refractivity contribution in [1.82, 2.24) is 19.7 Å². The molecule has 0 saturated carbocycles. The van der Waals surface area contributed by atoms with Crippen molar-refractivity contribution in [1.29, 1.82) is 0 Å². The van der Waals surface area contributed by atoms with Crippen LogP contribution in [0.15, 0.2) is 53.2 Å². The molecule has 0 spiro atoms. The molecule has 0 amide bonds. The Morgan fingerprint density at radius 3 is 2.74 bits per heavy atom. The maximum absolute atomic E-state index is 5.70. The van der Waals surface area contributed by atoms with Crippen molar-refractivity contribution in [2.24, 2.45) is 0 Å². The average molecular weight is 322 g/mol. The van der Waals surface area contributed by atoms with Gasteiger partial charge in [0.05, 0.1) is 0 Å². The van der Waals surface area contributed by atoms with Gasteiger partial charge in [-0.3, -0.25) is 4.57 Å². The van der Waals surface area contributed by atoms with Gasteiger partial charge in [0.25, 0.3) is 0 Å². The smallest absolute Gasteiger partial charge is 0.180 e. The molecule has 3 aromatic heterocycles. The molecule has 0 bridgehead atoms. The molecule has 3 heterocycles. The first kappa shape index (κ1) is 13.9. The van der Waals surface area contributed by atoms with Gasteiger partial charge < -0.3 is 4.42 Å². The van der Waals surface area contributed by atoms with Crippen LogP contribution >= 0.6 is 11.3 Å². The number of nitrogens with zero attached hydrogens (tertiary/aromatic N) is 4. The first-order valence-electron chi connectivity index (χ1n) is 7.22. The molecule has 0 aliphatic carbocycles. The highest BCUT2D eigenvalue weighted by atomic mass is 32.1. The molecule has 0 radical (unpaired) electrons. The van der Waals surface area contributed by atoms with Gasteiger partial charge in [0.2, 0.25) is 0 Å². The third-order valence-corrected chi connectivity index (χ3v) is 4.39. The molecular formula is C17H14N4OS. The van der Waals surface area contributed by atoms with E-state index >= 15 is 0 Å². The Morgan fingerprint density at radius 1 is 1.09 bits per heavy atom. The van der Waals surface area contributed by atoms with Gasteiger partial charge in [-0.2, -0.15) is 0 Å². The quantitative estimate of drug-likeness (QED) is 0.565. The summed E-state index contributed by atoms with van der Waals surface area (Å²) in [5.74, 6) is 2.40. The second kappa shape index (κ2) is 5.48. The lowest BCUT2D eigenvalue weighted by Gasteiger charge is -2.07. The molecule has 0 atom stereocenters. The molecule has 0 aliphatic rings. The van der Waals surface area contributed by atoms with Crippen LogP contribution in [0.2, 0.25) is 0 Å². The normalized spacial score (nSPS) is 11.0. The third-order valence-electron chi connectivity index (χ3n) is 3.50. The molecule has 0 unspecified atom stereocenters. The summed E-state index contributed by atoms with van der Waals surface area (Å²) in [6.45, 7) is 3.88. The number of furan rings is 1. The number of aryl methyl sites for hydroxylation is 2. The van der Waals surface area contributed by atoms with Crippen LogP contribution in [0.3, 0.4) is 0 Å². The standard InChI is InChI=1S/C17H14N4OS/c1-11-6-7-15(22-11)16-18-8-9-21(16)14-5-3-4-13(10-14)17-20-19-12(2)23-17/h3-10H,1-2H3. The van der Waals surface area contributed by atoms with Crippen molar-refractivity contribution < 1.29 is 4.42 Å². The summed E-state index contributed by atoms with van der Waals surface area (Å²) in [6.07, 6.45) is 3.70. The zero-order chi connectivity index (χ0) is 15.8.